The van der Waals surface area contributed by atoms with Crippen LogP contribution < -0.4 is 5.32 Å². The van der Waals surface area contributed by atoms with Crippen LogP contribution in [0.15, 0.2) is 18.5 Å². The summed E-state index contributed by atoms with van der Waals surface area (Å²) < 4.78 is 13.0. The molecule has 3 heteroatoms. The van der Waals surface area contributed by atoms with Crippen LogP contribution in [0.1, 0.15) is 37.8 Å². The van der Waals surface area contributed by atoms with Gasteiger partial charge in [0.15, 0.2) is 0 Å². The third-order valence-electron chi connectivity index (χ3n) is 2.84. The smallest absolute Gasteiger partial charge is 0.141 e. The Labute approximate surface area is 89.9 Å². The predicted octanol–water partition coefficient (Wildman–Crippen LogP) is 2.67. The van der Waals surface area contributed by atoms with Crippen molar-refractivity contribution in [2.75, 3.05) is 6.54 Å². The summed E-state index contributed by atoms with van der Waals surface area (Å²) in [5.74, 6) is 0.587. The number of halogens is 1. The van der Waals surface area contributed by atoms with E-state index in [4.69, 9.17) is 0 Å². The van der Waals surface area contributed by atoms with Crippen LogP contribution in [0.4, 0.5) is 4.39 Å². The van der Waals surface area contributed by atoms with Gasteiger partial charge in [-0.2, -0.15) is 0 Å². The van der Waals surface area contributed by atoms with Gasteiger partial charge >= 0.3 is 0 Å². The van der Waals surface area contributed by atoms with Crippen molar-refractivity contribution in [3.05, 3.63) is 29.8 Å². The minimum atomic E-state index is -0.244. The third kappa shape index (κ3) is 2.99. The van der Waals surface area contributed by atoms with Gasteiger partial charge in [-0.05, 0) is 30.5 Å². The number of rotatable bonds is 5. The quantitative estimate of drug-likeness (QED) is 0.804. The van der Waals surface area contributed by atoms with Crippen LogP contribution in [0.3, 0.4) is 0 Å². The van der Waals surface area contributed by atoms with E-state index in [0.717, 1.165) is 24.4 Å². The van der Waals surface area contributed by atoms with Crippen LogP contribution in [0, 0.1) is 11.7 Å². The third-order valence-corrected chi connectivity index (χ3v) is 2.84. The van der Waals surface area contributed by atoms with Gasteiger partial charge in [-0.1, -0.05) is 19.8 Å². The molecule has 0 spiro atoms. The molecule has 0 amide bonds. The maximum atomic E-state index is 13.0. The fourth-order valence-corrected chi connectivity index (χ4v) is 1.89. The summed E-state index contributed by atoms with van der Waals surface area (Å²) in [6.07, 6.45) is 6.77. The Hall–Kier alpha value is -0.960. The standard InChI is InChI=1S/C12H17FN2/c1-2-15-12(5-9-3-4-9)10-6-11(13)8-14-7-10/h6-9,12,15H,2-5H2,1H3. The van der Waals surface area contributed by atoms with Crippen LogP contribution in [0.2, 0.25) is 0 Å². The fourth-order valence-electron chi connectivity index (χ4n) is 1.89. The first-order valence-corrected chi connectivity index (χ1v) is 5.63. The molecule has 0 bridgehead atoms. The normalized spacial score (nSPS) is 17.7. The predicted molar refractivity (Wildman–Crippen MR) is 58.0 cm³/mol. The largest absolute Gasteiger partial charge is 0.310 e. The van der Waals surface area contributed by atoms with E-state index >= 15 is 0 Å². The Morgan fingerprint density at radius 3 is 2.93 bits per heavy atom. The van der Waals surface area contributed by atoms with Gasteiger partial charge in [0.1, 0.15) is 5.82 Å². The lowest BCUT2D eigenvalue weighted by Crippen LogP contribution is -2.21. The van der Waals surface area contributed by atoms with E-state index in [2.05, 4.69) is 17.2 Å². The van der Waals surface area contributed by atoms with Crippen molar-refractivity contribution in [2.45, 2.75) is 32.2 Å². The van der Waals surface area contributed by atoms with Gasteiger partial charge in [0.2, 0.25) is 0 Å². The average molecular weight is 208 g/mol. The molecule has 1 aromatic heterocycles. The summed E-state index contributed by atoms with van der Waals surface area (Å²) in [7, 11) is 0. The van der Waals surface area contributed by atoms with E-state index in [9.17, 15) is 4.39 Å². The summed E-state index contributed by atoms with van der Waals surface area (Å²) >= 11 is 0. The first-order chi connectivity index (χ1) is 7.29. The van der Waals surface area contributed by atoms with Gasteiger partial charge in [-0.15, -0.1) is 0 Å². The molecule has 0 aliphatic heterocycles. The van der Waals surface area contributed by atoms with Gasteiger partial charge in [0.25, 0.3) is 0 Å². The first-order valence-electron chi connectivity index (χ1n) is 5.63. The van der Waals surface area contributed by atoms with Crippen LogP contribution in [-0.4, -0.2) is 11.5 Å². The molecule has 1 fully saturated rings. The molecule has 1 atom stereocenters. The maximum absolute atomic E-state index is 13.0. The Bertz CT molecular complexity index is 323. The van der Waals surface area contributed by atoms with Crippen molar-refractivity contribution in [2.24, 2.45) is 5.92 Å². The van der Waals surface area contributed by atoms with Gasteiger partial charge in [0.05, 0.1) is 6.20 Å². The molecule has 1 saturated carbocycles. The van der Waals surface area contributed by atoms with E-state index in [1.54, 1.807) is 12.3 Å². The Kier molecular flexibility index (Phi) is 3.31. The van der Waals surface area contributed by atoms with Crippen molar-refractivity contribution in [1.82, 2.24) is 10.3 Å². The molecule has 0 aromatic carbocycles. The zero-order chi connectivity index (χ0) is 10.7. The number of nitrogens with one attached hydrogen (secondary N) is 1. The van der Waals surface area contributed by atoms with Gasteiger partial charge in [0, 0.05) is 12.2 Å². The SMILES string of the molecule is CCNC(CC1CC1)c1cncc(F)c1. The Balaban J connectivity index is 2.07. The van der Waals surface area contributed by atoms with Crippen molar-refractivity contribution < 1.29 is 4.39 Å². The highest BCUT2D eigenvalue weighted by Gasteiger charge is 2.26. The van der Waals surface area contributed by atoms with E-state index in [1.165, 1.54) is 19.0 Å². The minimum Gasteiger partial charge on any atom is -0.310 e. The van der Waals surface area contributed by atoms with Gasteiger partial charge in [-0.25, -0.2) is 4.39 Å². The summed E-state index contributed by atoms with van der Waals surface area (Å²) in [4.78, 5) is 3.90. The zero-order valence-electron chi connectivity index (χ0n) is 9.04. The molecule has 1 unspecified atom stereocenters. The number of pyridine rings is 1. The number of aromatic nitrogens is 1. The molecule has 1 aromatic rings. The van der Waals surface area contributed by atoms with E-state index in [1.807, 2.05) is 0 Å². The topological polar surface area (TPSA) is 24.9 Å². The molecule has 82 valence electrons. The number of nitrogens with zero attached hydrogens (tertiary/aromatic N) is 1. The lowest BCUT2D eigenvalue weighted by molar-refractivity contribution is 0.482. The van der Waals surface area contributed by atoms with Crippen LogP contribution in [0.5, 0.6) is 0 Å². The molecule has 2 rings (SSSR count). The second-order valence-corrected chi connectivity index (χ2v) is 4.23. The molecule has 1 aliphatic rings. The van der Waals surface area contributed by atoms with Gasteiger partial charge in [-0.3, -0.25) is 4.98 Å². The molecule has 1 N–H and O–H groups in total. The molecule has 2 nitrogen and oxygen atoms in total. The highest BCUT2D eigenvalue weighted by molar-refractivity contribution is 5.15. The van der Waals surface area contributed by atoms with E-state index in [-0.39, 0.29) is 11.9 Å². The molecule has 1 aliphatic carbocycles. The van der Waals surface area contributed by atoms with Crippen molar-refractivity contribution in [3.63, 3.8) is 0 Å². The van der Waals surface area contributed by atoms with Crippen LogP contribution in [-0.2, 0) is 0 Å². The van der Waals surface area contributed by atoms with E-state index < -0.39 is 0 Å². The second kappa shape index (κ2) is 4.71. The average Bonchev–Trinajstić information content (AvgIpc) is 3.01. The summed E-state index contributed by atoms with van der Waals surface area (Å²) in [6, 6.07) is 1.86. The van der Waals surface area contributed by atoms with Crippen LogP contribution >= 0.6 is 0 Å². The minimum absolute atomic E-state index is 0.244. The zero-order valence-corrected chi connectivity index (χ0v) is 9.04. The van der Waals surface area contributed by atoms with Crippen molar-refractivity contribution in [3.8, 4) is 0 Å². The molecular weight excluding hydrogens is 191 g/mol. The summed E-state index contributed by atoms with van der Waals surface area (Å²) in [5.41, 5.74) is 0.976. The van der Waals surface area contributed by atoms with Crippen molar-refractivity contribution >= 4 is 0 Å². The van der Waals surface area contributed by atoms with E-state index in [0.29, 0.717) is 0 Å². The molecule has 0 saturated heterocycles. The second-order valence-electron chi connectivity index (χ2n) is 4.23. The van der Waals surface area contributed by atoms with Crippen molar-refractivity contribution in [1.29, 1.82) is 0 Å². The highest BCUT2D eigenvalue weighted by Crippen LogP contribution is 2.37. The Morgan fingerprint density at radius 1 is 1.53 bits per heavy atom. The molecule has 1 heterocycles. The number of hydrogen-bond acceptors (Lipinski definition) is 2. The molecular formula is C12H17FN2. The lowest BCUT2D eigenvalue weighted by atomic mass is 10.0. The van der Waals surface area contributed by atoms with Crippen LogP contribution in [0.25, 0.3) is 0 Å². The fraction of sp³-hybridized carbons (Fsp3) is 0.583. The monoisotopic (exact) mass is 208 g/mol. The molecule has 15 heavy (non-hydrogen) atoms. The summed E-state index contributed by atoms with van der Waals surface area (Å²) in [6.45, 7) is 2.99. The first kappa shape index (κ1) is 10.6. The Morgan fingerprint density at radius 2 is 2.33 bits per heavy atom. The van der Waals surface area contributed by atoms with Gasteiger partial charge < -0.3 is 5.32 Å². The highest BCUT2D eigenvalue weighted by atomic mass is 19.1. The maximum Gasteiger partial charge on any atom is 0.141 e. The summed E-state index contributed by atoms with van der Waals surface area (Å²) in [5, 5.41) is 3.39. The lowest BCUT2D eigenvalue weighted by Gasteiger charge is -2.17. The molecule has 0 radical (unpaired) electrons. The number of hydrogen-bond donors (Lipinski definition) is 1.